The number of hydrogen-bond acceptors (Lipinski definition) is 9. The molecule has 0 saturated carbocycles. The minimum absolute atomic E-state index is 0.0683. The molecule has 0 bridgehead atoms. The first kappa shape index (κ1) is 28.8. The predicted octanol–water partition coefficient (Wildman–Crippen LogP) is 4.76. The van der Waals surface area contributed by atoms with Crippen LogP contribution in [0.3, 0.4) is 0 Å². The van der Waals surface area contributed by atoms with E-state index in [-0.39, 0.29) is 25.5 Å². The van der Waals surface area contributed by atoms with Gasteiger partial charge in [-0.1, -0.05) is 78.3 Å². The largest absolute Gasteiger partial charge is 0.390 e. The van der Waals surface area contributed by atoms with Crippen molar-refractivity contribution < 1.29 is 19.8 Å². The maximum Gasteiger partial charge on any atom is 0.294 e. The molecule has 1 N–H and O–H groups in total. The summed E-state index contributed by atoms with van der Waals surface area (Å²) in [5, 5.41) is 31.8. The van der Waals surface area contributed by atoms with E-state index in [2.05, 4.69) is 32.2 Å². The predicted molar refractivity (Wildman–Crippen MR) is 147 cm³/mol. The normalized spacial score (nSPS) is 11.1. The third-order valence-corrected chi connectivity index (χ3v) is 6.70. The zero-order chi connectivity index (χ0) is 28.5. The summed E-state index contributed by atoms with van der Waals surface area (Å²) < 4.78 is 1.98. The second-order valence-corrected chi connectivity index (χ2v) is 9.52. The van der Waals surface area contributed by atoms with Crippen LogP contribution in [-0.4, -0.2) is 52.5 Å². The molecule has 13 heteroatoms. The second kappa shape index (κ2) is 13.8. The number of aliphatic hydroxyl groups excluding tert-OH is 1. The number of aryl methyl sites for hydroxylation is 1. The molecule has 12 nitrogen and oxygen atoms in total. The van der Waals surface area contributed by atoms with Crippen molar-refractivity contribution in [2.45, 2.75) is 58.6 Å². The van der Waals surface area contributed by atoms with Crippen molar-refractivity contribution >= 4 is 17.5 Å². The summed E-state index contributed by atoms with van der Waals surface area (Å²) in [6.07, 6.45) is 3.68. The highest BCUT2D eigenvalue weighted by Crippen LogP contribution is 2.30. The van der Waals surface area contributed by atoms with Crippen LogP contribution in [0.2, 0.25) is 5.15 Å². The maximum absolute atomic E-state index is 12.5. The van der Waals surface area contributed by atoms with E-state index in [1.807, 2.05) is 53.1 Å². The molecule has 0 aliphatic rings. The van der Waals surface area contributed by atoms with E-state index in [0.717, 1.165) is 52.1 Å². The summed E-state index contributed by atoms with van der Waals surface area (Å²) in [6, 6.07) is 15.6. The van der Waals surface area contributed by atoms with E-state index >= 15 is 0 Å². The van der Waals surface area contributed by atoms with Gasteiger partial charge in [-0.05, 0) is 41.2 Å². The van der Waals surface area contributed by atoms with Crippen molar-refractivity contribution in [1.29, 1.82) is 0 Å². The van der Waals surface area contributed by atoms with E-state index < -0.39 is 5.09 Å². The molecule has 2 heterocycles. The van der Waals surface area contributed by atoms with Gasteiger partial charge < -0.3 is 14.5 Å². The van der Waals surface area contributed by atoms with Crippen LogP contribution in [0.25, 0.3) is 22.5 Å². The first-order valence-electron chi connectivity index (χ1n) is 13.0. The number of rotatable bonds is 14. The fraction of sp³-hybridized carbons (Fsp3) is 0.370. The highest BCUT2D eigenvalue weighted by atomic mass is 35.5. The van der Waals surface area contributed by atoms with Gasteiger partial charge in [-0.3, -0.25) is 4.79 Å². The second-order valence-electron chi connectivity index (χ2n) is 9.17. The van der Waals surface area contributed by atoms with Crippen LogP contribution in [0.4, 0.5) is 0 Å². The lowest BCUT2D eigenvalue weighted by atomic mass is 9.98. The smallest absolute Gasteiger partial charge is 0.294 e. The van der Waals surface area contributed by atoms with Gasteiger partial charge >= 0.3 is 0 Å². The molecule has 2 aromatic heterocycles. The zero-order valence-corrected chi connectivity index (χ0v) is 22.8. The summed E-state index contributed by atoms with van der Waals surface area (Å²) in [5.41, 5.74) is 4.17. The summed E-state index contributed by atoms with van der Waals surface area (Å²) in [4.78, 5) is 32.3. The Morgan fingerprint density at radius 3 is 2.55 bits per heavy atom. The number of aromatic nitrogens is 6. The van der Waals surface area contributed by atoms with Crippen LogP contribution >= 0.6 is 11.6 Å². The molecule has 0 aliphatic carbocycles. The van der Waals surface area contributed by atoms with Crippen LogP contribution in [0.5, 0.6) is 0 Å². The lowest BCUT2D eigenvalue weighted by molar-refractivity contribution is -0.757. The molecular formula is C27H30ClN7O5. The molecule has 210 valence electrons. The molecule has 2 aromatic carbocycles. The van der Waals surface area contributed by atoms with Crippen molar-refractivity contribution in [3.8, 4) is 22.5 Å². The van der Waals surface area contributed by atoms with E-state index in [0.29, 0.717) is 36.1 Å². The number of carbonyl (C=O) groups is 1. The Morgan fingerprint density at radius 1 is 1.10 bits per heavy atom. The fourth-order valence-corrected chi connectivity index (χ4v) is 4.58. The number of aliphatic hydroxyl groups is 1. The van der Waals surface area contributed by atoms with Gasteiger partial charge in [0.25, 0.3) is 11.0 Å². The van der Waals surface area contributed by atoms with Crippen LogP contribution in [-0.2, 0) is 24.4 Å². The molecule has 40 heavy (non-hydrogen) atoms. The number of hydrogen-bond donors (Lipinski definition) is 1. The van der Waals surface area contributed by atoms with Crippen LogP contribution in [0.1, 0.15) is 60.9 Å². The van der Waals surface area contributed by atoms with E-state index in [4.69, 9.17) is 11.6 Å². The molecule has 4 rings (SSSR count). The van der Waals surface area contributed by atoms with Crippen LogP contribution < -0.4 is 0 Å². The number of benzene rings is 2. The van der Waals surface area contributed by atoms with Crippen molar-refractivity contribution in [1.82, 2.24) is 29.8 Å². The lowest BCUT2D eigenvalue weighted by Crippen LogP contribution is -2.14. The van der Waals surface area contributed by atoms with Gasteiger partial charge in [0, 0.05) is 24.9 Å². The number of halogens is 1. The fourth-order valence-electron chi connectivity index (χ4n) is 4.32. The average molecular weight is 568 g/mol. The number of nitrogens with zero attached hydrogens (tertiary/aromatic N) is 7. The Morgan fingerprint density at radius 2 is 1.85 bits per heavy atom. The van der Waals surface area contributed by atoms with Gasteiger partial charge in [-0.25, -0.2) is 4.98 Å². The number of imidazole rings is 1. The highest BCUT2D eigenvalue weighted by molar-refractivity contribution is 6.30. The molecule has 0 saturated heterocycles. The number of tetrazole rings is 1. The monoisotopic (exact) mass is 567 g/mol. The van der Waals surface area contributed by atoms with Crippen LogP contribution in [0, 0.1) is 10.1 Å². The zero-order valence-electron chi connectivity index (χ0n) is 22.1. The number of carbonyl (C=O) groups excluding carboxylic acids is 1. The Kier molecular flexibility index (Phi) is 9.92. The minimum atomic E-state index is -0.856. The maximum atomic E-state index is 12.5. The lowest BCUT2D eigenvalue weighted by Gasteiger charge is -2.12. The molecule has 0 radical (unpaired) electrons. The first-order chi connectivity index (χ1) is 19.4. The highest BCUT2D eigenvalue weighted by Gasteiger charge is 2.17. The van der Waals surface area contributed by atoms with Gasteiger partial charge in [0.2, 0.25) is 5.82 Å². The summed E-state index contributed by atoms with van der Waals surface area (Å²) in [6.45, 7) is 2.40. The molecule has 0 fully saturated rings. The molecule has 0 aliphatic heterocycles. The standard InChI is InChI=1S/C27H30ClN7O5/c1-2-3-10-24-29-26(28)23(18-36)33(24)17-19-12-14-20(15-13-19)21-8-4-5-9-22(21)27-30-32-34(31-27)25(37)11-6-7-16-40-35(38)39/h4-5,8-9,12-15,36H,2-3,6-7,10-11,16-18H2,1H3. The van der Waals surface area contributed by atoms with Gasteiger partial charge in [-0.15, -0.1) is 20.3 Å². The van der Waals surface area contributed by atoms with Crippen LogP contribution in [0.15, 0.2) is 48.5 Å². The molecule has 0 spiro atoms. The van der Waals surface area contributed by atoms with E-state index in [9.17, 15) is 20.0 Å². The Labute approximate surface area is 235 Å². The molecule has 0 atom stereocenters. The third kappa shape index (κ3) is 7.07. The number of unbranched alkanes of at least 4 members (excludes halogenated alkanes) is 2. The van der Waals surface area contributed by atoms with Crippen molar-refractivity contribution in [3.63, 3.8) is 0 Å². The quantitative estimate of drug-likeness (QED) is 0.129. The Bertz CT molecular complexity index is 1450. The Hall–Kier alpha value is -4.16. The summed E-state index contributed by atoms with van der Waals surface area (Å²) >= 11 is 6.29. The first-order valence-corrected chi connectivity index (χ1v) is 13.4. The van der Waals surface area contributed by atoms with Crippen molar-refractivity contribution in [2.75, 3.05) is 6.61 Å². The molecule has 0 unspecified atom stereocenters. The third-order valence-electron chi connectivity index (χ3n) is 6.40. The SMILES string of the molecule is CCCCc1nc(Cl)c(CO)n1Cc1ccc(-c2ccccc2-c2nnn(C(=O)CCCCO[N+](=O)[O-])n2)cc1. The van der Waals surface area contributed by atoms with Gasteiger partial charge in [0.1, 0.15) is 5.82 Å². The van der Waals surface area contributed by atoms with Gasteiger partial charge in [-0.2, -0.15) is 0 Å². The minimum Gasteiger partial charge on any atom is -0.390 e. The topological polar surface area (TPSA) is 151 Å². The van der Waals surface area contributed by atoms with Gasteiger partial charge in [0.05, 0.1) is 18.9 Å². The average Bonchev–Trinajstić information content (AvgIpc) is 3.56. The van der Waals surface area contributed by atoms with E-state index in [1.54, 1.807) is 0 Å². The summed E-state index contributed by atoms with van der Waals surface area (Å²) in [7, 11) is 0. The van der Waals surface area contributed by atoms with Gasteiger partial charge in [0.15, 0.2) is 5.15 Å². The van der Waals surface area contributed by atoms with Crippen molar-refractivity contribution in [2.24, 2.45) is 0 Å². The summed E-state index contributed by atoms with van der Waals surface area (Å²) in [5.74, 6) is 0.812. The van der Waals surface area contributed by atoms with E-state index in [1.165, 1.54) is 0 Å². The Balaban J connectivity index is 1.48. The molecule has 4 aromatic rings. The molecular weight excluding hydrogens is 538 g/mol. The van der Waals surface area contributed by atoms with Crippen molar-refractivity contribution in [3.05, 3.63) is 80.9 Å². The molecule has 0 amide bonds.